The Hall–Kier alpha value is -1.67. The van der Waals surface area contributed by atoms with Crippen LogP contribution in [-0.4, -0.2) is 23.2 Å². The van der Waals surface area contributed by atoms with Crippen LogP contribution in [0.15, 0.2) is 54.6 Å². The fraction of sp³-hybridized carbons (Fsp3) is 0.0526. The molecule has 1 unspecified atom stereocenters. The zero-order valence-electron chi connectivity index (χ0n) is 14.3. The Bertz CT molecular complexity index is 1170. The van der Waals surface area contributed by atoms with Crippen molar-refractivity contribution in [2.45, 2.75) is 4.75 Å². The van der Waals surface area contributed by atoms with Gasteiger partial charge in [0.25, 0.3) is 10.1 Å². The average Bonchev–Trinajstić information content (AvgIpc) is 2.68. The summed E-state index contributed by atoms with van der Waals surface area (Å²) in [7, 11) is -5.14. The van der Waals surface area contributed by atoms with E-state index in [0.717, 1.165) is 0 Å². The second-order valence-electron chi connectivity index (χ2n) is 6.02. The zero-order valence-corrected chi connectivity index (χ0v) is 18.1. The summed E-state index contributed by atoms with van der Waals surface area (Å²) in [6.45, 7) is 0. The second kappa shape index (κ2) is 7.87. The molecule has 0 aliphatic rings. The maximum atomic E-state index is 13.0. The number of phenolic OH excluding ortho intramolecular Hbond substituents is 2. The van der Waals surface area contributed by atoms with Crippen LogP contribution in [0.4, 0.5) is 0 Å². The minimum Gasteiger partial charge on any atom is -0.504 e. The molecule has 0 aliphatic heterocycles. The predicted octanol–water partition coefficient (Wildman–Crippen LogP) is 5.89. The maximum absolute atomic E-state index is 13.0. The molecule has 3 N–H and O–H groups in total. The Morgan fingerprint density at radius 1 is 0.724 bits per heavy atom. The van der Waals surface area contributed by atoms with Gasteiger partial charge in [-0.3, -0.25) is 4.55 Å². The molecule has 0 bridgehead atoms. The lowest BCUT2D eigenvalue weighted by Gasteiger charge is -2.34. The Morgan fingerprint density at radius 2 is 1.28 bits per heavy atom. The molecule has 3 rings (SSSR count). The smallest absolute Gasteiger partial charge is 0.283 e. The van der Waals surface area contributed by atoms with Crippen molar-refractivity contribution in [3.63, 3.8) is 0 Å². The molecule has 3 aromatic carbocycles. The minimum absolute atomic E-state index is 0.00871. The first-order chi connectivity index (χ1) is 13.5. The number of aromatic hydroxyl groups is 2. The third-order valence-corrected chi connectivity index (χ3v) is 7.53. The largest absolute Gasteiger partial charge is 0.504 e. The topological polar surface area (TPSA) is 94.8 Å². The lowest BCUT2D eigenvalue weighted by molar-refractivity contribution is 0.394. The molecule has 0 saturated heterocycles. The van der Waals surface area contributed by atoms with Gasteiger partial charge in [-0.2, -0.15) is 8.42 Å². The van der Waals surface area contributed by atoms with Gasteiger partial charge in [-0.1, -0.05) is 94.9 Å². The van der Waals surface area contributed by atoms with E-state index in [0.29, 0.717) is 0 Å². The summed E-state index contributed by atoms with van der Waals surface area (Å²) in [6, 6.07) is 13.3. The van der Waals surface area contributed by atoms with Crippen molar-refractivity contribution in [1.82, 2.24) is 0 Å². The van der Waals surface area contributed by atoms with Gasteiger partial charge in [0.05, 0.1) is 15.6 Å². The number of rotatable bonds is 4. The van der Waals surface area contributed by atoms with Crippen molar-refractivity contribution in [3.05, 3.63) is 91.4 Å². The Labute approximate surface area is 186 Å². The maximum Gasteiger partial charge on any atom is 0.283 e. The van der Waals surface area contributed by atoms with Crippen LogP contribution in [0.5, 0.6) is 11.5 Å². The number of benzene rings is 3. The van der Waals surface area contributed by atoms with Crippen molar-refractivity contribution in [2.24, 2.45) is 0 Å². The van der Waals surface area contributed by atoms with Crippen LogP contribution in [0.1, 0.15) is 16.7 Å². The Balaban J connectivity index is 2.69. The van der Waals surface area contributed by atoms with Crippen molar-refractivity contribution >= 4 is 56.5 Å². The molecule has 10 heteroatoms. The molecule has 29 heavy (non-hydrogen) atoms. The molecular weight excluding hydrogens is 482 g/mol. The van der Waals surface area contributed by atoms with Crippen LogP contribution in [0.2, 0.25) is 20.1 Å². The molecular formula is C19H12Cl4O5S. The molecule has 0 saturated carbocycles. The van der Waals surface area contributed by atoms with E-state index >= 15 is 0 Å². The van der Waals surface area contributed by atoms with Crippen LogP contribution in [0.3, 0.4) is 0 Å². The zero-order chi connectivity index (χ0) is 21.6. The van der Waals surface area contributed by atoms with Gasteiger partial charge in [0.15, 0.2) is 16.2 Å². The predicted molar refractivity (Wildman–Crippen MR) is 114 cm³/mol. The lowest BCUT2D eigenvalue weighted by atomic mass is 9.83. The lowest BCUT2D eigenvalue weighted by Crippen LogP contribution is -2.39. The van der Waals surface area contributed by atoms with E-state index in [9.17, 15) is 23.2 Å². The van der Waals surface area contributed by atoms with Crippen molar-refractivity contribution < 1.29 is 23.2 Å². The van der Waals surface area contributed by atoms with Gasteiger partial charge in [0.1, 0.15) is 5.02 Å². The SMILES string of the molecule is O=S(=O)(O)C(c1ccccc1)(c1ccccc1Cl)c1c(O)c(O)c(Cl)c(Cl)c1Cl. The molecule has 3 aromatic rings. The van der Waals surface area contributed by atoms with E-state index < -0.39 is 47.0 Å². The average molecular weight is 494 g/mol. The fourth-order valence-corrected chi connectivity index (χ4v) is 5.71. The molecule has 0 amide bonds. The molecule has 0 fully saturated rings. The first-order valence-electron chi connectivity index (χ1n) is 7.91. The van der Waals surface area contributed by atoms with Crippen molar-refractivity contribution in [1.29, 1.82) is 0 Å². The summed E-state index contributed by atoms with van der Waals surface area (Å²) >= 11 is 24.6. The van der Waals surface area contributed by atoms with E-state index in [1.807, 2.05) is 0 Å². The van der Waals surface area contributed by atoms with Crippen molar-refractivity contribution in [3.8, 4) is 11.5 Å². The van der Waals surface area contributed by atoms with Gasteiger partial charge in [-0.25, -0.2) is 0 Å². The molecule has 0 aromatic heterocycles. The summed E-state index contributed by atoms with van der Waals surface area (Å²) in [4.78, 5) is 0. The molecule has 0 aliphatic carbocycles. The summed E-state index contributed by atoms with van der Waals surface area (Å²) in [6.07, 6.45) is 0. The molecule has 152 valence electrons. The van der Waals surface area contributed by atoms with Crippen LogP contribution < -0.4 is 0 Å². The highest BCUT2D eigenvalue weighted by Crippen LogP contribution is 2.57. The fourth-order valence-electron chi connectivity index (χ4n) is 3.23. The van der Waals surface area contributed by atoms with Gasteiger partial charge < -0.3 is 10.2 Å². The third-order valence-electron chi connectivity index (χ3n) is 4.45. The minimum atomic E-state index is -5.14. The number of hydrogen-bond acceptors (Lipinski definition) is 4. The highest BCUT2D eigenvalue weighted by molar-refractivity contribution is 7.87. The van der Waals surface area contributed by atoms with Crippen LogP contribution in [-0.2, 0) is 14.9 Å². The quantitative estimate of drug-likeness (QED) is 0.182. The van der Waals surface area contributed by atoms with E-state index in [-0.39, 0.29) is 16.1 Å². The second-order valence-corrected chi connectivity index (χ2v) is 9.12. The van der Waals surface area contributed by atoms with Crippen LogP contribution in [0, 0.1) is 0 Å². The summed E-state index contributed by atoms with van der Waals surface area (Å²) in [5, 5.41) is 19.5. The molecule has 0 heterocycles. The molecule has 1 atom stereocenters. The standard InChI is InChI=1S/C19H12Cl4O5S/c20-12-9-5-4-8-11(12)19(29(26,27)28,10-6-2-1-3-7-10)13-14(21)15(22)16(23)18(25)17(13)24/h1-9,24-25H,(H,26,27,28). The van der Waals surface area contributed by atoms with Crippen molar-refractivity contribution in [2.75, 3.05) is 0 Å². The van der Waals surface area contributed by atoms with E-state index in [1.54, 1.807) is 12.1 Å². The highest BCUT2D eigenvalue weighted by atomic mass is 35.5. The van der Waals surface area contributed by atoms with E-state index in [1.165, 1.54) is 42.5 Å². The molecule has 0 spiro atoms. The Morgan fingerprint density at radius 3 is 1.83 bits per heavy atom. The Kier molecular flexibility index (Phi) is 5.98. The van der Waals surface area contributed by atoms with Crippen LogP contribution >= 0.6 is 46.4 Å². The molecule has 5 nitrogen and oxygen atoms in total. The number of halogens is 4. The van der Waals surface area contributed by atoms with Gasteiger partial charge >= 0.3 is 0 Å². The van der Waals surface area contributed by atoms with Gasteiger partial charge in [0, 0.05) is 10.6 Å². The van der Waals surface area contributed by atoms with Gasteiger partial charge in [-0.15, -0.1) is 0 Å². The van der Waals surface area contributed by atoms with Crippen LogP contribution in [0.25, 0.3) is 0 Å². The number of phenols is 2. The van der Waals surface area contributed by atoms with Gasteiger partial charge in [0.2, 0.25) is 0 Å². The van der Waals surface area contributed by atoms with E-state index in [2.05, 4.69) is 0 Å². The summed E-state index contributed by atoms with van der Waals surface area (Å²) < 4.78 is 33.9. The monoisotopic (exact) mass is 492 g/mol. The third kappa shape index (κ3) is 3.34. The first kappa shape index (κ1) is 22.0. The number of hydrogen-bond donors (Lipinski definition) is 3. The normalized spacial score (nSPS) is 13.8. The summed E-state index contributed by atoms with van der Waals surface area (Å²) in [5.74, 6) is -1.86. The van der Waals surface area contributed by atoms with E-state index in [4.69, 9.17) is 46.4 Å². The summed E-state index contributed by atoms with van der Waals surface area (Å²) in [5.41, 5.74) is -0.719. The highest BCUT2D eigenvalue weighted by Gasteiger charge is 2.53. The van der Waals surface area contributed by atoms with Gasteiger partial charge in [-0.05, 0) is 11.6 Å². The first-order valence-corrected chi connectivity index (χ1v) is 10.9. The molecule has 0 radical (unpaired) electrons.